The van der Waals surface area contributed by atoms with Crippen molar-refractivity contribution < 1.29 is 9.47 Å². The summed E-state index contributed by atoms with van der Waals surface area (Å²) in [5, 5.41) is 3.72. The number of morpholine rings is 1. The molecule has 1 N–H and O–H groups in total. The Morgan fingerprint density at radius 2 is 1.87 bits per heavy atom. The number of hydrogen-bond donors (Lipinski definition) is 1. The first-order valence-corrected chi connectivity index (χ1v) is 8.99. The third kappa shape index (κ3) is 6.50. The standard InChI is InChI=1S/C19H32N2O2/c1-4-5-10-20-19(15-21-11-13-22-14-12-21)17-6-8-18(9-7-17)23-16(2)3/h6-9,16,19-20H,4-5,10-15H2,1-3H3. The Kier molecular flexibility index (Phi) is 7.86. The molecular formula is C19H32N2O2. The van der Waals surface area contributed by atoms with Crippen LogP contribution in [-0.2, 0) is 4.74 Å². The van der Waals surface area contributed by atoms with Crippen LogP contribution in [0.5, 0.6) is 5.75 Å². The molecule has 1 saturated heterocycles. The number of ether oxygens (including phenoxy) is 2. The molecule has 1 aliphatic rings. The highest BCUT2D eigenvalue weighted by Gasteiger charge is 2.18. The first kappa shape index (κ1) is 18.2. The van der Waals surface area contributed by atoms with Crippen molar-refractivity contribution in [1.29, 1.82) is 0 Å². The van der Waals surface area contributed by atoms with E-state index in [0.29, 0.717) is 6.04 Å². The minimum Gasteiger partial charge on any atom is -0.491 e. The zero-order valence-corrected chi connectivity index (χ0v) is 14.9. The van der Waals surface area contributed by atoms with Crippen LogP contribution in [0.4, 0.5) is 0 Å². The molecule has 23 heavy (non-hydrogen) atoms. The maximum atomic E-state index is 5.75. The summed E-state index contributed by atoms with van der Waals surface area (Å²) in [5.41, 5.74) is 1.34. The molecule has 1 heterocycles. The molecule has 4 nitrogen and oxygen atoms in total. The number of nitrogens with one attached hydrogen (secondary N) is 1. The molecule has 1 atom stereocenters. The first-order chi connectivity index (χ1) is 11.2. The molecular weight excluding hydrogens is 288 g/mol. The molecule has 0 aromatic heterocycles. The second-order valence-corrected chi connectivity index (χ2v) is 6.51. The van der Waals surface area contributed by atoms with Crippen molar-refractivity contribution in [3.8, 4) is 5.75 Å². The summed E-state index contributed by atoms with van der Waals surface area (Å²) in [6.45, 7) is 12.2. The Morgan fingerprint density at radius 1 is 1.17 bits per heavy atom. The molecule has 2 rings (SSSR count). The molecule has 0 spiro atoms. The van der Waals surface area contributed by atoms with Gasteiger partial charge in [-0.2, -0.15) is 0 Å². The summed E-state index contributed by atoms with van der Waals surface area (Å²) in [5.74, 6) is 0.947. The molecule has 1 unspecified atom stereocenters. The van der Waals surface area contributed by atoms with E-state index < -0.39 is 0 Å². The van der Waals surface area contributed by atoms with Crippen molar-refractivity contribution in [2.45, 2.75) is 45.8 Å². The van der Waals surface area contributed by atoms with Crippen molar-refractivity contribution in [2.24, 2.45) is 0 Å². The summed E-state index contributed by atoms with van der Waals surface area (Å²) in [6.07, 6.45) is 2.65. The van der Waals surface area contributed by atoms with Crippen molar-refractivity contribution in [2.75, 3.05) is 39.4 Å². The van der Waals surface area contributed by atoms with Gasteiger partial charge in [-0.25, -0.2) is 0 Å². The second-order valence-electron chi connectivity index (χ2n) is 6.51. The Hall–Kier alpha value is -1.10. The predicted octanol–water partition coefficient (Wildman–Crippen LogP) is 3.24. The van der Waals surface area contributed by atoms with Gasteiger partial charge in [0.1, 0.15) is 5.75 Å². The molecule has 0 amide bonds. The molecule has 0 aliphatic carbocycles. The third-order valence-electron chi connectivity index (χ3n) is 4.12. The largest absolute Gasteiger partial charge is 0.491 e. The Bertz CT molecular complexity index is 428. The lowest BCUT2D eigenvalue weighted by molar-refractivity contribution is 0.0334. The van der Waals surface area contributed by atoms with E-state index in [0.717, 1.165) is 45.1 Å². The van der Waals surface area contributed by atoms with Gasteiger partial charge >= 0.3 is 0 Å². The number of rotatable bonds is 9. The summed E-state index contributed by atoms with van der Waals surface area (Å²) >= 11 is 0. The maximum Gasteiger partial charge on any atom is 0.119 e. The Labute approximate surface area is 141 Å². The summed E-state index contributed by atoms with van der Waals surface area (Å²) in [7, 11) is 0. The quantitative estimate of drug-likeness (QED) is 0.708. The number of unbranched alkanes of at least 4 members (excludes halogenated alkanes) is 1. The number of benzene rings is 1. The van der Waals surface area contributed by atoms with E-state index in [1.54, 1.807) is 0 Å². The molecule has 0 bridgehead atoms. The van der Waals surface area contributed by atoms with Gasteiger partial charge < -0.3 is 14.8 Å². The molecule has 0 saturated carbocycles. The Morgan fingerprint density at radius 3 is 2.48 bits per heavy atom. The van der Waals surface area contributed by atoms with Gasteiger partial charge in [0, 0.05) is 25.7 Å². The van der Waals surface area contributed by atoms with Gasteiger partial charge in [0.15, 0.2) is 0 Å². The van der Waals surface area contributed by atoms with Gasteiger partial charge in [0.25, 0.3) is 0 Å². The predicted molar refractivity (Wildman–Crippen MR) is 95.1 cm³/mol. The van der Waals surface area contributed by atoms with Crippen LogP contribution in [0.15, 0.2) is 24.3 Å². The van der Waals surface area contributed by atoms with Crippen molar-refractivity contribution in [1.82, 2.24) is 10.2 Å². The first-order valence-electron chi connectivity index (χ1n) is 8.99. The molecule has 1 aliphatic heterocycles. The van der Waals surface area contributed by atoms with E-state index >= 15 is 0 Å². The van der Waals surface area contributed by atoms with Crippen molar-refractivity contribution in [3.05, 3.63) is 29.8 Å². The monoisotopic (exact) mass is 320 g/mol. The van der Waals surface area contributed by atoms with Crippen molar-refractivity contribution in [3.63, 3.8) is 0 Å². The van der Waals surface area contributed by atoms with Gasteiger partial charge in [0.2, 0.25) is 0 Å². The van der Waals surface area contributed by atoms with Gasteiger partial charge in [-0.05, 0) is 44.5 Å². The molecule has 130 valence electrons. The summed E-state index contributed by atoms with van der Waals surface area (Å²) in [4.78, 5) is 2.49. The lowest BCUT2D eigenvalue weighted by Crippen LogP contribution is -2.42. The van der Waals surface area contributed by atoms with Crippen LogP contribution in [0.3, 0.4) is 0 Å². The zero-order valence-electron chi connectivity index (χ0n) is 14.9. The van der Waals surface area contributed by atoms with Gasteiger partial charge in [-0.15, -0.1) is 0 Å². The van der Waals surface area contributed by atoms with Crippen LogP contribution in [0.1, 0.15) is 45.2 Å². The fraction of sp³-hybridized carbons (Fsp3) is 0.684. The van der Waals surface area contributed by atoms with Crippen LogP contribution >= 0.6 is 0 Å². The second kappa shape index (κ2) is 9.91. The molecule has 1 aromatic rings. The zero-order chi connectivity index (χ0) is 16.5. The molecule has 4 heteroatoms. The van der Waals surface area contributed by atoms with Gasteiger partial charge in [0.05, 0.1) is 19.3 Å². The van der Waals surface area contributed by atoms with E-state index in [1.165, 1.54) is 18.4 Å². The van der Waals surface area contributed by atoms with E-state index in [4.69, 9.17) is 9.47 Å². The van der Waals surface area contributed by atoms with Crippen LogP contribution in [-0.4, -0.2) is 50.4 Å². The molecule has 1 fully saturated rings. The van der Waals surface area contributed by atoms with E-state index in [9.17, 15) is 0 Å². The van der Waals surface area contributed by atoms with Crippen LogP contribution in [0, 0.1) is 0 Å². The summed E-state index contributed by atoms with van der Waals surface area (Å²) in [6, 6.07) is 8.93. The molecule has 0 radical (unpaired) electrons. The average molecular weight is 320 g/mol. The fourth-order valence-corrected chi connectivity index (χ4v) is 2.83. The fourth-order valence-electron chi connectivity index (χ4n) is 2.83. The lowest BCUT2D eigenvalue weighted by atomic mass is 10.1. The van der Waals surface area contributed by atoms with Crippen LogP contribution in [0.2, 0.25) is 0 Å². The third-order valence-corrected chi connectivity index (χ3v) is 4.12. The van der Waals surface area contributed by atoms with Gasteiger partial charge in [-0.1, -0.05) is 25.5 Å². The number of nitrogens with zero attached hydrogens (tertiary/aromatic N) is 1. The maximum absolute atomic E-state index is 5.75. The topological polar surface area (TPSA) is 33.7 Å². The minimum atomic E-state index is 0.215. The van der Waals surface area contributed by atoms with Crippen LogP contribution < -0.4 is 10.1 Å². The normalized spacial score (nSPS) is 17.4. The highest BCUT2D eigenvalue weighted by molar-refractivity contribution is 5.29. The van der Waals surface area contributed by atoms with E-state index in [2.05, 4.69) is 55.3 Å². The van der Waals surface area contributed by atoms with E-state index in [-0.39, 0.29) is 6.10 Å². The van der Waals surface area contributed by atoms with E-state index in [1.807, 2.05) is 0 Å². The lowest BCUT2D eigenvalue weighted by Gasteiger charge is -2.31. The highest BCUT2D eigenvalue weighted by Crippen LogP contribution is 2.20. The smallest absolute Gasteiger partial charge is 0.119 e. The molecule has 1 aromatic carbocycles. The SMILES string of the molecule is CCCCNC(CN1CCOCC1)c1ccc(OC(C)C)cc1. The van der Waals surface area contributed by atoms with Gasteiger partial charge in [-0.3, -0.25) is 4.90 Å². The Balaban J connectivity index is 1.99. The highest BCUT2D eigenvalue weighted by atomic mass is 16.5. The summed E-state index contributed by atoms with van der Waals surface area (Å²) < 4.78 is 11.2. The minimum absolute atomic E-state index is 0.215. The van der Waals surface area contributed by atoms with Crippen molar-refractivity contribution >= 4 is 0 Å². The average Bonchev–Trinajstić information content (AvgIpc) is 2.55. The number of hydrogen-bond acceptors (Lipinski definition) is 4. The van der Waals surface area contributed by atoms with Crippen LogP contribution in [0.25, 0.3) is 0 Å².